The van der Waals surface area contributed by atoms with Gasteiger partial charge in [-0.05, 0) is 66.5 Å². The summed E-state index contributed by atoms with van der Waals surface area (Å²) in [5.74, 6) is 0.523. The first-order valence-corrected chi connectivity index (χ1v) is 12.5. The Morgan fingerprint density at radius 3 is 2.97 bits per heavy atom. The van der Waals surface area contributed by atoms with Crippen LogP contribution in [0.25, 0.3) is 16.5 Å². The third kappa shape index (κ3) is 2.32. The molecule has 2 aliphatic heterocycles. The number of aromatic amines is 1. The number of aromatic nitrogens is 2. The number of nitrogens with one attached hydrogen (secondary N) is 2. The van der Waals surface area contributed by atoms with Gasteiger partial charge in [0.2, 0.25) is 0 Å². The highest BCUT2D eigenvalue weighted by molar-refractivity contribution is 5.85. The lowest BCUT2D eigenvalue weighted by Crippen LogP contribution is -3.10. The molecule has 1 saturated heterocycles. The van der Waals surface area contributed by atoms with Gasteiger partial charge in [0.15, 0.2) is 0 Å². The largest absolute Gasteiger partial charge is 0.359 e. The minimum atomic E-state index is -0.0992. The molecule has 2 N–H and O–H groups in total. The van der Waals surface area contributed by atoms with Gasteiger partial charge < -0.3 is 9.64 Å². The maximum Gasteiger partial charge on any atom is 0.0980 e. The molecule has 2 bridgehead atoms. The Morgan fingerprint density at radius 2 is 2.09 bits per heavy atom. The van der Waals surface area contributed by atoms with E-state index in [4.69, 9.17) is 4.74 Å². The van der Waals surface area contributed by atoms with Crippen LogP contribution in [0.3, 0.4) is 0 Å². The third-order valence-corrected chi connectivity index (χ3v) is 9.84. The van der Waals surface area contributed by atoms with Crippen molar-refractivity contribution in [1.29, 1.82) is 0 Å². The number of hydrogen-bond donors (Lipinski definition) is 2. The second-order valence-corrected chi connectivity index (χ2v) is 11.5. The summed E-state index contributed by atoms with van der Waals surface area (Å²) in [5.41, 5.74) is 7.08. The molecule has 2 fully saturated rings. The van der Waals surface area contributed by atoms with Crippen molar-refractivity contribution in [3.8, 4) is 0 Å². The number of quaternary nitrogens is 1. The summed E-state index contributed by atoms with van der Waals surface area (Å²) in [6.45, 7) is 2.50. The van der Waals surface area contributed by atoms with Crippen LogP contribution in [0.1, 0.15) is 57.4 Å². The average Bonchev–Trinajstić information content (AvgIpc) is 3.47. The van der Waals surface area contributed by atoms with Crippen LogP contribution in [-0.2, 0) is 4.74 Å². The molecule has 5 atom stereocenters. The van der Waals surface area contributed by atoms with Gasteiger partial charge in [-0.2, -0.15) is 5.10 Å². The van der Waals surface area contributed by atoms with Crippen LogP contribution in [0.5, 0.6) is 0 Å². The quantitative estimate of drug-likeness (QED) is 0.752. The van der Waals surface area contributed by atoms with Crippen LogP contribution < -0.4 is 4.90 Å². The maximum atomic E-state index is 7.38. The second-order valence-electron chi connectivity index (χ2n) is 11.5. The number of nitrogens with zero attached hydrogens (tertiary/aromatic N) is 1. The van der Waals surface area contributed by atoms with Crippen LogP contribution in [0.2, 0.25) is 0 Å². The summed E-state index contributed by atoms with van der Waals surface area (Å²) in [4.78, 5) is 1.58. The molecule has 3 aliphatic carbocycles. The summed E-state index contributed by atoms with van der Waals surface area (Å²) in [6, 6.07) is 7.48. The SMILES string of the molecule is C[NH+](C)C1CCC2=CC3=CCC4(C)C(c5ccc6[nH]ncc6c5)=CC[C@H]4[C@@]34CC[C@]2(C1)O4. The standard InChI is InChI=1S/C28H33N3O/c1-26-11-10-21-15-20-5-6-22(31(2)3)16-27(20)12-13-28(21,32-27)25(26)9-7-23(26)18-4-8-24-19(14-18)17-29-30-24/h4,7-8,10,14-15,17,22,25H,5-6,9,11-13,16H2,1-3H3,(H,29,30)/p+1/t22?,25-,26?,27-,28-/m1/s1. The van der Waals surface area contributed by atoms with Crippen molar-refractivity contribution in [2.75, 3.05) is 14.1 Å². The number of rotatable bonds is 2. The lowest BCUT2D eigenvalue weighted by atomic mass is 9.58. The zero-order chi connectivity index (χ0) is 21.7. The average molecular weight is 429 g/mol. The predicted octanol–water partition coefficient (Wildman–Crippen LogP) is 4.23. The topological polar surface area (TPSA) is 42.4 Å². The van der Waals surface area contributed by atoms with Gasteiger partial charge in [-0.15, -0.1) is 0 Å². The lowest BCUT2D eigenvalue weighted by molar-refractivity contribution is -0.887. The highest BCUT2D eigenvalue weighted by Gasteiger charge is 2.65. The molecule has 5 aliphatic rings. The van der Waals surface area contributed by atoms with Gasteiger partial charge in [-0.25, -0.2) is 0 Å². The Kier molecular flexibility index (Phi) is 3.76. The number of H-pyrrole nitrogens is 1. The van der Waals surface area contributed by atoms with Crippen LogP contribution in [-0.4, -0.2) is 41.5 Å². The molecule has 7 rings (SSSR count). The Morgan fingerprint density at radius 1 is 1.19 bits per heavy atom. The molecule has 2 spiro atoms. The van der Waals surface area contributed by atoms with E-state index in [2.05, 4.69) is 67.6 Å². The molecule has 1 aromatic heterocycles. The molecule has 2 aromatic rings. The van der Waals surface area contributed by atoms with E-state index in [1.54, 1.807) is 10.5 Å². The number of allylic oxidation sites excluding steroid dienone is 3. The molecule has 0 amide bonds. The van der Waals surface area contributed by atoms with E-state index in [9.17, 15) is 0 Å². The molecule has 3 heterocycles. The van der Waals surface area contributed by atoms with Crippen molar-refractivity contribution in [2.24, 2.45) is 11.3 Å². The van der Waals surface area contributed by atoms with E-state index in [0.29, 0.717) is 12.0 Å². The molecule has 1 aromatic carbocycles. The fourth-order valence-electron chi connectivity index (χ4n) is 8.04. The molecule has 2 unspecified atom stereocenters. The van der Waals surface area contributed by atoms with Crippen LogP contribution in [0, 0.1) is 11.3 Å². The fourth-order valence-corrected chi connectivity index (χ4v) is 8.04. The summed E-state index contributed by atoms with van der Waals surface area (Å²) >= 11 is 0. The van der Waals surface area contributed by atoms with Gasteiger partial charge in [0.1, 0.15) is 0 Å². The monoisotopic (exact) mass is 428 g/mol. The second kappa shape index (κ2) is 6.24. The summed E-state index contributed by atoms with van der Waals surface area (Å²) in [5, 5.41) is 8.51. The highest BCUT2D eigenvalue weighted by atomic mass is 16.5. The van der Waals surface area contributed by atoms with Crippen molar-refractivity contribution in [1.82, 2.24) is 10.2 Å². The van der Waals surface area contributed by atoms with Crippen molar-refractivity contribution in [3.05, 3.63) is 59.3 Å². The highest BCUT2D eigenvalue weighted by Crippen LogP contribution is 2.67. The zero-order valence-electron chi connectivity index (χ0n) is 19.5. The number of ether oxygens (including phenoxy) is 1. The minimum Gasteiger partial charge on any atom is -0.359 e. The van der Waals surface area contributed by atoms with E-state index in [0.717, 1.165) is 18.4 Å². The van der Waals surface area contributed by atoms with Crippen LogP contribution in [0.4, 0.5) is 0 Å². The summed E-state index contributed by atoms with van der Waals surface area (Å²) < 4.78 is 7.38. The van der Waals surface area contributed by atoms with Crippen LogP contribution in [0.15, 0.2) is 53.8 Å². The third-order valence-electron chi connectivity index (χ3n) is 9.84. The van der Waals surface area contributed by atoms with Crippen LogP contribution >= 0.6 is 0 Å². The Labute approximate surface area is 190 Å². The zero-order valence-corrected chi connectivity index (χ0v) is 19.5. The number of hydrogen-bond acceptors (Lipinski definition) is 2. The van der Waals surface area contributed by atoms with E-state index in [-0.39, 0.29) is 16.6 Å². The van der Waals surface area contributed by atoms with Crippen molar-refractivity contribution in [3.63, 3.8) is 0 Å². The molecular weight excluding hydrogens is 394 g/mol. The molecule has 4 heteroatoms. The van der Waals surface area contributed by atoms with Crippen molar-refractivity contribution < 1.29 is 9.64 Å². The Bertz CT molecular complexity index is 1220. The van der Waals surface area contributed by atoms with E-state index < -0.39 is 0 Å². The summed E-state index contributed by atoms with van der Waals surface area (Å²) in [6.07, 6.45) is 17.9. The first-order chi connectivity index (χ1) is 15.4. The van der Waals surface area contributed by atoms with Gasteiger partial charge >= 0.3 is 0 Å². The Hall–Kier alpha value is -2.17. The smallest absolute Gasteiger partial charge is 0.0980 e. The number of fused-ring (bicyclic) bond motifs is 2. The van der Waals surface area contributed by atoms with E-state index >= 15 is 0 Å². The van der Waals surface area contributed by atoms with Gasteiger partial charge in [0.25, 0.3) is 0 Å². The molecule has 4 nitrogen and oxygen atoms in total. The minimum absolute atomic E-state index is 0.00572. The van der Waals surface area contributed by atoms with Crippen molar-refractivity contribution >= 4 is 16.5 Å². The van der Waals surface area contributed by atoms with Gasteiger partial charge in [0, 0.05) is 29.6 Å². The van der Waals surface area contributed by atoms with Gasteiger partial charge in [-0.3, -0.25) is 5.10 Å². The normalized spacial score (nSPS) is 39.9. The first-order valence-electron chi connectivity index (χ1n) is 12.5. The summed E-state index contributed by atoms with van der Waals surface area (Å²) in [7, 11) is 4.63. The van der Waals surface area contributed by atoms with Gasteiger partial charge in [-0.1, -0.05) is 31.2 Å². The van der Waals surface area contributed by atoms with E-state index in [1.165, 1.54) is 54.2 Å². The lowest BCUT2D eigenvalue weighted by Gasteiger charge is -2.54. The molecule has 1 saturated carbocycles. The van der Waals surface area contributed by atoms with Gasteiger partial charge in [0.05, 0.1) is 43.1 Å². The maximum absolute atomic E-state index is 7.38. The molecule has 32 heavy (non-hydrogen) atoms. The first kappa shape index (κ1) is 19.3. The fraction of sp³-hybridized carbons (Fsp3) is 0.536. The Balaban J connectivity index is 1.29. The van der Waals surface area contributed by atoms with Crippen molar-refractivity contribution in [2.45, 2.75) is 69.1 Å². The molecule has 166 valence electrons. The molecular formula is C28H34N3O+. The predicted molar refractivity (Wildman–Crippen MR) is 127 cm³/mol. The molecule has 0 radical (unpaired) electrons. The number of benzene rings is 1. The van der Waals surface area contributed by atoms with E-state index in [1.807, 2.05) is 6.20 Å².